The fraction of sp³-hybridized carbons (Fsp3) is 0.500. The van der Waals surface area contributed by atoms with Crippen molar-refractivity contribution in [2.75, 3.05) is 34.5 Å². The molecule has 0 radical (unpaired) electrons. The predicted molar refractivity (Wildman–Crippen MR) is 105 cm³/mol. The van der Waals surface area contributed by atoms with Crippen molar-refractivity contribution in [3.05, 3.63) is 34.6 Å². The van der Waals surface area contributed by atoms with Gasteiger partial charge in [0.2, 0.25) is 11.7 Å². The number of aliphatic hydroxyl groups excluding tert-OH is 1. The highest BCUT2D eigenvalue weighted by Crippen LogP contribution is 2.38. The van der Waals surface area contributed by atoms with Crippen LogP contribution in [0.25, 0.3) is 0 Å². The zero-order valence-corrected chi connectivity index (χ0v) is 17.2. The van der Waals surface area contributed by atoms with Gasteiger partial charge in [0.25, 0.3) is 0 Å². The zero-order valence-electron chi connectivity index (χ0n) is 17.2. The molecule has 1 heterocycles. The molecule has 1 amide bonds. The summed E-state index contributed by atoms with van der Waals surface area (Å²) in [7, 11) is 4.71. The van der Waals surface area contributed by atoms with Gasteiger partial charge in [-0.15, -0.1) is 0 Å². The fourth-order valence-corrected chi connectivity index (χ4v) is 3.15. The molecule has 0 bridgehead atoms. The molecule has 0 aliphatic heterocycles. The van der Waals surface area contributed by atoms with Crippen LogP contribution in [-0.4, -0.2) is 55.3 Å². The minimum Gasteiger partial charge on any atom is -0.493 e. The molecule has 0 saturated carbocycles. The first kappa shape index (κ1) is 21.6. The Kier molecular flexibility index (Phi) is 7.69. The third kappa shape index (κ3) is 4.95. The number of nitrogens with one attached hydrogen (secondary N) is 1. The zero-order chi connectivity index (χ0) is 20.7. The molecule has 2 rings (SSSR count). The van der Waals surface area contributed by atoms with E-state index >= 15 is 0 Å². The van der Waals surface area contributed by atoms with Gasteiger partial charge in [-0.1, -0.05) is 0 Å². The Balaban J connectivity index is 1.97. The van der Waals surface area contributed by atoms with Gasteiger partial charge in [-0.25, -0.2) is 0 Å². The van der Waals surface area contributed by atoms with E-state index in [1.165, 1.54) is 0 Å². The number of amides is 1. The van der Waals surface area contributed by atoms with Crippen LogP contribution < -0.4 is 19.5 Å². The number of hydrogen-bond donors (Lipinski definition) is 2. The van der Waals surface area contributed by atoms with E-state index in [4.69, 9.17) is 19.3 Å². The van der Waals surface area contributed by atoms with Crippen molar-refractivity contribution < 1.29 is 24.1 Å². The summed E-state index contributed by atoms with van der Waals surface area (Å²) in [6.45, 7) is 4.71. The Bertz CT molecular complexity index is 791. The first-order chi connectivity index (χ1) is 13.4. The van der Waals surface area contributed by atoms with Crippen molar-refractivity contribution in [1.29, 1.82) is 0 Å². The molecule has 0 atom stereocenters. The van der Waals surface area contributed by atoms with Crippen molar-refractivity contribution in [1.82, 2.24) is 15.1 Å². The van der Waals surface area contributed by atoms with Crippen LogP contribution in [0.5, 0.6) is 17.2 Å². The van der Waals surface area contributed by atoms with Crippen molar-refractivity contribution >= 4 is 5.91 Å². The van der Waals surface area contributed by atoms with Crippen LogP contribution in [-0.2, 0) is 24.2 Å². The molecular weight excluding hydrogens is 362 g/mol. The summed E-state index contributed by atoms with van der Waals surface area (Å²) >= 11 is 0. The number of aromatic nitrogens is 2. The smallest absolute Gasteiger partial charge is 0.224 e. The van der Waals surface area contributed by atoms with Gasteiger partial charge in [0.15, 0.2) is 11.5 Å². The van der Waals surface area contributed by atoms with E-state index in [9.17, 15) is 4.79 Å². The molecule has 0 spiro atoms. The Morgan fingerprint density at radius 2 is 1.79 bits per heavy atom. The second-order valence-corrected chi connectivity index (χ2v) is 6.41. The molecule has 2 aromatic rings. The van der Waals surface area contributed by atoms with Crippen LogP contribution in [0.2, 0.25) is 0 Å². The molecule has 0 aliphatic carbocycles. The monoisotopic (exact) mass is 391 g/mol. The standard InChI is InChI=1S/C20H29N3O5/c1-13-16(14(2)23(22-13)8-9-24)12-19(25)21-7-6-15-10-17(26-3)20(28-5)18(11-15)27-4/h10-11,24H,6-9,12H2,1-5H3,(H,21,25). The van der Waals surface area contributed by atoms with Crippen molar-refractivity contribution in [3.63, 3.8) is 0 Å². The number of aryl methyl sites for hydroxylation is 1. The van der Waals surface area contributed by atoms with Crippen molar-refractivity contribution in [2.24, 2.45) is 0 Å². The maximum atomic E-state index is 12.4. The summed E-state index contributed by atoms with van der Waals surface area (Å²) in [6.07, 6.45) is 0.891. The highest BCUT2D eigenvalue weighted by molar-refractivity contribution is 5.79. The topological polar surface area (TPSA) is 94.8 Å². The lowest BCUT2D eigenvalue weighted by Gasteiger charge is -2.14. The number of carbonyl (C=O) groups is 1. The summed E-state index contributed by atoms with van der Waals surface area (Å²) in [5.41, 5.74) is 3.59. The van der Waals surface area contributed by atoms with Crippen LogP contribution in [0.4, 0.5) is 0 Å². The fourth-order valence-electron chi connectivity index (χ4n) is 3.15. The summed E-state index contributed by atoms with van der Waals surface area (Å²) in [4.78, 5) is 12.4. The van der Waals surface area contributed by atoms with Gasteiger partial charge in [0.1, 0.15) is 0 Å². The van der Waals surface area contributed by atoms with Gasteiger partial charge in [-0.2, -0.15) is 5.10 Å². The SMILES string of the molecule is COc1cc(CCNC(=O)Cc2c(C)nn(CCO)c2C)cc(OC)c1OC. The maximum absolute atomic E-state index is 12.4. The number of rotatable bonds is 10. The minimum absolute atomic E-state index is 0.0163. The first-order valence-electron chi connectivity index (χ1n) is 9.14. The van der Waals surface area contributed by atoms with Gasteiger partial charge in [-0.3, -0.25) is 9.48 Å². The van der Waals surface area contributed by atoms with E-state index in [1.54, 1.807) is 26.0 Å². The molecule has 8 heteroatoms. The van der Waals surface area contributed by atoms with Gasteiger partial charge in [-0.05, 0) is 38.0 Å². The molecule has 0 saturated heterocycles. The van der Waals surface area contributed by atoms with Crippen LogP contribution in [0.15, 0.2) is 12.1 Å². The van der Waals surface area contributed by atoms with E-state index in [-0.39, 0.29) is 18.9 Å². The highest BCUT2D eigenvalue weighted by atomic mass is 16.5. The van der Waals surface area contributed by atoms with E-state index < -0.39 is 0 Å². The van der Waals surface area contributed by atoms with Gasteiger partial charge < -0.3 is 24.6 Å². The summed E-state index contributed by atoms with van der Waals surface area (Å²) in [5.74, 6) is 1.65. The summed E-state index contributed by atoms with van der Waals surface area (Å²) in [5, 5.41) is 16.4. The number of hydrogen-bond acceptors (Lipinski definition) is 6. The van der Waals surface area contributed by atoms with E-state index in [0.717, 1.165) is 22.5 Å². The van der Waals surface area contributed by atoms with E-state index in [2.05, 4.69) is 10.4 Å². The molecular formula is C20H29N3O5. The molecule has 2 N–H and O–H groups in total. The lowest BCUT2D eigenvalue weighted by molar-refractivity contribution is -0.120. The second kappa shape index (κ2) is 9.98. The van der Waals surface area contributed by atoms with Gasteiger partial charge in [0.05, 0.1) is 46.6 Å². The minimum atomic E-state index is -0.0674. The Morgan fingerprint density at radius 1 is 1.14 bits per heavy atom. The Hall–Kier alpha value is -2.74. The molecule has 1 aromatic carbocycles. The van der Waals surface area contributed by atoms with E-state index in [0.29, 0.717) is 36.8 Å². The van der Waals surface area contributed by atoms with Crippen LogP contribution in [0, 0.1) is 13.8 Å². The second-order valence-electron chi connectivity index (χ2n) is 6.41. The number of benzene rings is 1. The normalized spacial score (nSPS) is 10.6. The number of nitrogens with zero attached hydrogens (tertiary/aromatic N) is 2. The van der Waals surface area contributed by atoms with Gasteiger partial charge in [0, 0.05) is 17.8 Å². The number of carbonyl (C=O) groups excluding carboxylic acids is 1. The van der Waals surface area contributed by atoms with Crippen LogP contribution in [0.1, 0.15) is 22.5 Å². The molecule has 154 valence electrons. The van der Waals surface area contributed by atoms with Crippen LogP contribution in [0.3, 0.4) is 0 Å². The van der Waals surface area contributed by atoms with Crippen molar-refractivity contribution in [2.45, 2.75) is 33.2 Å². The maximum Gasteiger partial charge on any atom is 0.224 e. The Morgan fingerprint density at radius 3 is 2.32 bits per heavy atom. The number of ether oxygens (including phenoxy) is 3. The van der Waals surface area contributed by atoms with Crippen LogP contribution >= 0.6 is 0 Å². The van der Waals surface area contributed by atoms with Crippen molar-refractivity contribution in [3.8, 4) is 17.2 Å². The van der Waals surface area contributed by atoms with Gasteiger partial charge >= 0.3 is 0 Å². The molecule has 0 unspecified atom stereocenters. The molecule has 0 fully saturated rings. The average molecular weight is 391 g/mol. The summed E-state index contributed by atoms with van der Waals surface area (Å²) in [6, 6.07) is 3.75. The molecule has 1 aromatic heterocycles. The third-order valence-electron chi connectivity index (χ3n) is 4.64. The number of methoxy groups -OCH3 is 3. The Labute approximate surface area is 165 Å². The number of aliphatic hydroxyl groups is 1. The predicted octanol–water partition coefficient (Wildman–Crippen LogP) is 1.42. The largest absolute Gasteiger partial charge is 0.493 e. The first-order valence-corrected chi connectivity index (χ1v) is 9.14. The quantitative estimate of drug-likeness (QED) is 0.636. The van der Waals surface area contributed by atoms with E-state index in [1.807, 2.05) is 26.0 Å². The third-order valence-corrected chi connectivity index (χ3v) is 4.64. The molecule has 28 heavy (non-hydrogen) atoms. The lowest BCUT2D eigenvalue weighted by Crippen LogP contribution is -2.27. The lowest BCUT2D eigenvalue weighted by atomic mass is 10.1. The molecule has 8 nitrogen and oxygen atoms in total. The average Bonchev–Trinajstić information content (AvgIpc) is 2.94. The highest BCUT2D eigenvalue weighted by Gasteiger charge is 2.16. The summed E-state index contributed by atoms with van der Waals surface area (Å²) < 4.78 is 17.8. The molecule has 0 aliphatic rings.